The summed E-state index contributed by atoms with van der Waals surface area (Å²) >= 11 is 0. The Bertz CT molecular complexity index is 1580. The van der Waals surface area contributed by atoms with E-state index in [-0.39, 0.29) is 35.3 Å². The number of aliphatic hydroxyl groups is 2. The number of hydrogen-bond acceptors (Lipinski definition) is 9. The summed E-state index contributed by atoms with van der Waals surface area (Å²) in [5, 5.41) is 24.2. The van der Waals surface area contributed by atoms with Crippen LogP contribution >= 0.6 is 0 Å². The number of nitrogens with one attached hydrogen (secondary N) is 1. The van der Waals surface area contributed by atoms with Gasteiger partial charge in [-0.3, -0.25) is 14.4 Å². The first-order valence-corrected chi connectivity index (χ1v) is 17.7. The van der Waals surface area contributed by atoms with Crippen molar-refractivity contribution in [3.05, 3.63) is 42.0 Å². The van der Waals surface area contributed by atoms with Gasteiger partial charge in [0.1, 0.15) is 23.4 Å². The van der Waals surface area contributed by atoms with E-state index in [0.717, 1.165) is 5.56 Å². The molecule has 2 spiro atoms. The van der Waals surface area contributed by atoms with Crippen LogP contribution in [0.4, 0.5) is 0 Å². The van der Waals surface area contributed by atoms with Crippen LogP contribution < -0.4 is 4.72 Å². The molecular formula is C34H43NO9S. The Morgan fingerprint density at radius 1 is 1.07 bits per heavy atom. The maximum atomic E-state index is 14.3. The quantitative estimate of drug-likeness (QED) is 0.325. The summed E-state index contributed by atoms with van der Waals surface area (Å²) in [6.45, 7) is 9.83. The van der Waals surface area contributed by atoms with Crippen molar-refractivity contribution in [1.29, 1.82) is 0 Å². The van der Waals surface area contributed by atoms with E-state index in [2.05, 4.69) is 11.3 Å². The molecule has 0 amide bonds. The third-order valence-electron chi connectivity index (χ3n) is 12.6. The summed E-state index contributed by atoms with van der Waals surface area (Å²) in [7, 11) is -3.72. The van der Waals surface area contributed by atoms with Crippen LogP contribution in [0.25, 0.3) is 0 Å². The largest absolute Gasteiger partial charge is 0.460 e. The van der Waals surface area contributed by atoms with Gasteiger partial charge in [0.05, 0.1) is 22.8 Å². The highest BCUT2D eigenvalue weighted by Gasteiger charge is 2.88. The van der Waals surface area contributed by atoms with Crippen molar-refractivity contribution in [1.82, 2.24) is 4.72 Å². The Balaban J connectivity index is 1.14. The highest BCUT2D eigenvalue weighted by Crippen LogP contribution is 2.76. The van der Waals surface area contributed by atoms with E-state index in [4.69, 9.17) is 9.47 Å². The normalized spacial score (nSPS) is 43.5. The summed E-state index contributed by atoms with van der Waals surface area (Å²) in [5.41, 5.74) is -2.32. The topological polar surface area (TPSA) is 156 Å². The molecule has 0 radical (unpaired) electrons. The van der Waals surface area contributed by atoms with E-state index in [9.17, 15) is 33.0 Å². The van der Waals surface area contributed by atoms with Crippen molar-refractivity contribution in [2.75, 3.05) is 6.61 Å². The number of carbonyl (C=O) groups excluding carboxylic acids is 3. The summed E-state index contributed by atoms with van der Waals surface area (Å²) in [6.07, 6.45) is 0.710. The molecule has 1 aromatic carbocycles. The van der Waals surface area contributed by atoms with E-state index >= 15 is 0 Å². The van der Waals surface area contributed by atoms with Crippen molar-refractivity contribution < 1.29 is 42.5 Å². The second-order valence-corrected chi connectivity index (χ2v) is 16.9. The Kier molecular flexibility index (Phi) is 6.95. The Morgan fingerprint density at radius 3 is 2.40 bits per heavy atom. The molecule has 0 aromatic heterocycles. The second-order valence-electron chi connectivity index (χ2n) is 15.2. The number of fused-ring (bicyclic) bond motifs is 2. The van der Waals surface area contributed by atoms with Crippen molar-refractivity contribution >= 4 is 27.6 Å². The molecule has 2 saturated heterocycles. The maximum absolute atomic E-state index is 14.3. The van der Waals surface area contributed by atoms with Crippen LogP contribution in [0.5, 0.6) is 0 Å². The fourth-order valence-corrected chi connectivity index (χ4v) is 11.7. The standard InChI is InChI=1S/C34H43NO9S/c1-18-5-11-22(12-6-18)45(41,42)35-21-9-7-20(8-10-21)30(39)44-29-23-13-14-24-32-17-43-34(40,33(24,29)27(37)19(23)2)28(38)26(32)31(3,4)16-15-25(32)36/h5-6,11-12,20-21,23-24,26,28-29,35,38,40H,2,7-10,13-17H2,1,3-4H3/t20?,21?,23-,24-,26+,28-,29+,32+,33-,34-/m0/s1. The molecule has 11 heteroatoms. The number of esters is 1. The molecule has 3 N–H and O–H groups in total. The van der Waals surface area contributed by atoms with Gasteiger partial charge in [-0.25, -0.2) is 13.1 Å². The molecule has 2 aliphatic heterocycles. The minimum absolute atomic E-state index is 0.0720. The minimum atomic E-state index is -3.72. The molecule has 1 aromatic rings. The number of ketones is 2. The second kappa shape index (κ2) is 10.0. The molecule has 7 fully saturated rings. The Labute approximate surface area is 264 Å². The van der Waals surface area contributed by atoms with Gasteiger partial charge in [0.15, 0.2) is 5.78 Å². The average Bonchev–Trinajstić information content (AvgIpc) is 3.10. The first-order chi connectivity index (χ1) is 21.1. The van der Waals surface area contributed by atoms with Crippen LogP contribution in [-0.2, 0) is 33.9 Å². The highest BCUT2D eigenvalue weighted by atomic mass is 32.2. The summed E-state index contributed by atoms with van der Waals surface area (Å²) < 4.78 is 40.9. The van der Waals surface area contributed by atoms with E-state index in [1.807, 2.05) is 20.8 Å². The zero-order chi connectivity index (χ0) is 32.3. The van der Waals surface area contributed by atoms with Gasteiger partial charge in [-0.2, -0.15) is 0 Å². The fourth-order valence-electron chi connectivity index (χ4n) is 10.4. The molecule has 8 atom stereocenters. The molecule has 2 heterocycles. The molecule has 0 unspecified atom stereocenters. The number of ether oxygens (including phenoxy) is 2. The molecular weight excluding hydrogens is 598 g/mol. The molecule has 8 rings (SSSR count). The third-order valence-corrected chi connectivity index (χ3v) is 14.1. The van der Waals surface area contributed by atoms with Gasteiger partial charge in [0.2, 0.25) is 15.8 Å². The number of benzene rings is 1. The predicted molar refractivity (Wildman–Crippen MR) is 161 cm³/mol. The third kappa shape index (κ3) is 4.00. The van der Waals surface area contributed by atoms with Crippen LogP contribution in [0.15, 0.2) is 41.3 Å². The number of sulfonamides is 1. The lowest BCUT2D eigenvalue weighted by Crippen LogP contribution is -2.85. The average molecular weight is 642 g/mol. The van der Waals surface area contributed by atoms with Crippen molar-refractivity contribution in [3.63, 3.8) is 0 Å². The smallest absolute Gasteiger partial charge is 0.309 e. The maximum Gasteiger partial charge on any atom is 0.309 e. The zero-order valence-corrected chi connectivity index (χ0v) is 26.9. The van der Waals surface area contributed by atoms with Gasteiger partial charge in [-0.1, -0.05) is 38.1 Å². The van der Waals surface area contributed by atoms with Crippen LogP contribution in [0.2, 0.25) is 0 Å². The number of aliphatic hydroxyl groups excluding tert-OH is 1. The van der Waals surface area contributed by atoms with E-state index in [0.29, 0.717) is 44.9 Å². The molecule has 45 heavy (non-hydrogen) atoms. The number of carbonyl (C=O) groups is 3. The molecule has 244 valence electrons. The minimum Gasteiger partial charge on any atom is -0.460 e. The SMILES string of the molecule is C=C1C(=O)[C@]23[C@H](OC(=O)C4CCC(NS(=O)(=O)c5ccc(C)cc5)CC4)[C@H]1CC[C@H]2[C@@]12CO[C@@]3(O)[C@@H](O)[C@@H]1C(C)(C)CCC2=O. The van der Waals surface area contributed by atoms with Crippen LogP contribution in [0, 0.1) is 46.8 Å². The lowest BCUT2D eigenvalue weighted by atomic mass is 9.36. The van der Waals surface area contributed by atoms with Crippen molar-refractivity contribution in [3.8, 4) is 0 Å². The predicted octanol–water partition coefficient (Wildman–Crippen LogP) is 2.98. The number of hydrogen-bond donors (Lipinski definition) is 3. The molecule has 4 bridgehead atoms. The van der Waals surface area contributed by atoms with Crippen LogP contribution in [-0.4, -0.2) is 66.8 Å². The first kappa shape index (κ1) is 31.2. The van der Waals surface area contributed by atoms with E-state index < -0.39 is 79.7 Å². The summed E-state index contributed by atoms with van der Waals surface area (Å²) in [4.78, 5) is 42.2. The van der Waals surface area contributed by atoms with E-state index in [1.165, 1.54) is 0 Å². The van der Waals surface area contributed by atoms with Crippen LogP contribution in [0.3, 0.4) is 0 Å². The van der Waals surface area contributed by atoms with Crippen LogP contribution in [0.1, 0.15) is 70.8 Å². The summed E-state index contributed by atoms with van der Waals surface area (Å²) in [5.74, 6) is -5.81. The molecule has 5 saturated carbocycles. The van der Waals surface area contributed by atoms with E-state index in [1.54, 1.807) is 24.3 Å². The lowest BCUT2D eigenvalue weighted by molar-refractivity contribution is -0.437. The highest BCUT2D eigenvalue weighted by molar-refractivity contribution is 7.89. The molecule has 7 aliphatic rings. The lowest BCUT2D eigenvalue weighted by Gasteiger charge is -2.73. The monoisotopic (exact) mass is 641 g/mol. The van der Waals surface area contributed by atoms with Crippen molar-refractivity contribution in [2.45, 2.75) is 101 Å². The Hall–Kier alpha value is -2.44. The van der Waals surface area contributed by atoms with Gasteiger partial charge in [-0.15, -0.1) is 0 Å². The van der Waals surface area contributed by atoms with Crippen molar-refractivity contribution in [2.24, 2.45) is 39.9 Å². The number of Topliss-reactive ketones (excluding diaryl/α,β-unsaturated/α-hetero) is 2. The molecule has 10 nitrogen and oxygen atoms in total. The van der Waals surface area contributed by atoms with Gasteiger partial charge in [0.25, 0.3) is 0 Å². The first-order valence-electron chi connectivity index (χ1n) is 16.2. The Morgan fingerprint density at radius 2 is 1.73 bits per heavy atom. The number of rotatable bonds is 5. The van der Waals surface area contributed by atoms with Gasteiger partial charge >= 0.3 is 5.97 Å². The fraction of sp³-hybridized carbons (Fsp3) is 0.676. The summed E-state index contributed by atoms with van der Waals surface area (Å²) in [6, 6.07) is 6.28. The van der Waals surface area contributed by atoms with Gasteiger partial charge in [0, 0.05) is 24.3 Å². The number of aryl methyl sites for hydroxylation is 1. The zero-order valence-electron chi connectivity index (χ0n) is 26.1. The molecule has 5 aliphatic carbocycles. The van der Waals surface area contributed by atoms with Gasteiger partial charge < -0.3 is 19.7 Å². The van der Waals surface area contributed by atoms with Gasteiger partial charge in [-0.05, 0) is 80.9 Å².